The fraction of sp³-hybridized carbons (Fsp3) is 0. The number of fused-ring (bicyclic) bond motifs is 5. The van der Waals surface area contributed by atoms with Crippen molar-refractivity contribution in [3.8, 4) is 44.5 Å². The van der Waals surface area contributed by atoms with Gasteiger partial charge in [-0.3, -0.25) is 0 Å². The standard InChI is InChI=1S/C52H35NO/c1-3-12-36(13-4-1)38-24-26-39(27-25-38)40-28-31-44(32-29-40)53(45-19-9-17-42(34-45)37-14-5-2-6-15-37)46-20-10-18-43(35-46)47-22-11-23-50-51(47)49-33-30-41-16-7-8-21-48(41)52(49)54-50/h1-35H. The van der Waals surface area contributed by atoms with Crippen LogP contribution in [0.4, 0.5) is 17.1 Å². The van der Waals surface area contributed by atoms with Crippen LogP contribution in [0.3, 0.4) is 0 Å². The van der Waals surface area contributed by atoms with Crippen LogP contribution in [0.1, 0.15) is 0 Å². The predicted octanol–water partition coefficient (Wildman–Crippen LogP) is 14.9. The third-order valence-electron chi connectivity index (χ3n) is 10.5. The van der Waals surface area contributed by atoms with Gasteiger partial charge in [0, 0.05) is 33.2 Å². The molecule has 54 heavy (non-hydrogen) atoms. The van der Waals surface area contributed by atoms with Crippen LogP contribution in [0.25, 0.3) is 77.2 Å². The topological polar surface area (TPSA) is 16.4 Å². The average molecular weight is 690 g/mol. The molecule has 1 heterocycles. The van der Waals surface area contributed by atoms with Crippen LogP contribution < -0.4 is 4.90 Å². The lowest BCUT2D eigenvalue weighted by molar-refractivity contribution is 0.673. The maximum atomic E-state index is 6.57. The molecule has 0 aliphatic rings. The third-order valence-corrected chi connectivity index (χ3v) is 10.5. The number of anilines is 3. The van der Waals surface area contributed by atoms with E-state index in [4.69, 9.17) is 4.42 Å². The molecule has 9 aromatic carbocycles. The molecule has 0 radical (unpaired) electrons. The molecule has 0 bridgehead atoms. The molecule has 0 atom stereocenters. The van der Waals surface area contributed by atoms with Gasteiger partial charge in [-0.1, -0.05) is 164 Å². The fourth-order valence-corrected chi connectivity index (χ4v) is 7.80. The summed E-state index contributed by atoms with van der Waals surface area (Å²) in [5.74, 6) is 0. The molecule has 0 saturated carbocycles. The van der Waals surface area contributed by atoms with Crippen molar-refractivity contribution in [2.75, 3.05) is 4.90 Å². The monoisotopic (exact) mass is 689 g/mol. The van der Waals surface area contributed by atoms with Gasteiger partial charge >= 0.3 is 0 Å². The molecule has 254 valence electrons. The largest absolute Gasteiger partial charge is 0.455 e. The normalized spacial score (nSPS) is 11.3. The molecule has 0 amide bonds. The summed E-state index contributed by atoms with van der Waals surface area (Å²) in [5, 5.41) is 4.57. The van der Waals surface area contributed by atoms with Gasteiger partial charge < -0.3 is 9.32 Å². The Balaban J connectivity index is 1.08. The second-order valence-electron chi connectivity index (χ2n) is 13.7. The van der Waals surface area contributed by atoms with Crippen LogP contribution in [0.2, 0.25) is 0 Å². The highest BCUT2D eigenvalue weighted by molar-refractivity contribution is 6.19. The third kappa shape index (κ3) is 5.71. The van der Waals surface area contributed by atoms with E-state index in [2.05, 4.69) is 217 Å². The summed E-state index contributed by atoms with van der Waals surface area (Å²) in [6.07, 6.45) is 0. The molecule has 0 aliphatic heterocycles. The molecule has 2 nitrogen and oxygen atoms in total. The minimum Gasteiger partial charge on any atom is -0.455 e. The lowest BCUT2D eigenvalue weighted by atomic mass is 9.97. The quantitative estimate of drug-likeness (QED) is 0.166. The van der Waals surface area contributed by atoms with Gasteiger partial charge in [0.1, 0.15) is 11.2 Å². The maximum absolute atomic E-state index is 6.57. The molecule has 10 aromatic rings. The van der Waals surface area contributed by atoms with Crippen LogP contribution in [0.5, 0.6) is 0 Å². The smallest absolute Gasteiger partial charge is 0.143 e. The summed E-state index contributed by atoms with van der Waals surface area (Å²) in [5.41, 5.74) is 14.5. The molecule has 0 unspecified atom stereocenters. The van der Waals surface area contributed by atoms with E-state index in [9.17, 15) is 0 Å². The highest BCUT2D eigenvalue weighted by atomic mass is 16.3. The number of nitrogens with zero attached hydrogens (tertiary/aromatic N) is 1. The molecule has 0 N–H and O–H groups in total. The molecule has 1 aromatic heterocycles. The van der Waals surface area contributed by atoms with Crippen molar-refractivity contribution in [2.45, 2.75) is 0 Å². The Morgan fingerprint density at radius 3 is 1.52 bits per heavy atom. The van der Waals surface area contributed by atoms with Gasteiger partial charge in [0.25, 0.3) is 0 Å². The Bertz CT molecular complexity index is 2910. The maximum Gasteiger partial charge on any atom is 0.143 e. The lowest BCUT2D eigenvalue weighted by Gasteiger charge is -2.27. The van der Waals surface area contributed by atoms with E-state index in [0.717, 1.165) is 55.5 Å². The zero-order valence-electron chi connectivity index (χ0n) is 29.6. The van der Waals surface area contributed by atoms with Gasteiger partial charge in [-0.05, 0) is 98.4 Å². The van der Waals surface area contributed by atoms with Gasteiger partial charge in [0.15, 0.2) is 0 Å². The van der Waals surface area contributed by atoms with Crippen LogP contribution in [0.15, 0.2) is 217 Å². The van der Waals surface area contributed by atoms with Crippen molar-refractivity contribution in [2.24, 2.45) is 0 Å². The first kappa shape index (κ1) is 31.6. The highest BCUT2D eigenvalue weighted by Crippen LogP contribution is 2.43. The second-order valence-corrected chi connectivity index (χ2v) is 13.7. The Kier molecular flexibility index (Phi) is 7.85. The van der Waals surface area contributed by atoms with Gasteiger partial charge in [-0.2, -0.15) is 0 Å². The number of hydrogen-bond donors (Lipinski definition) is 0. The second kappa shape index (κ2) is 13.4. The Morgan fingerprint density at radius 2 is 0.833 bits per heavy atom. The molecule has 0 aliphatic carbocycles. The van der Waals surface area contributed by atoms with Crippen molar-refractivity contribution in [1.82, 2.24) is 0 Å². The van der Waals surface area contributed by atoms with Gasteiger partial charge in [0.05, 0.1) is 0 Å². The molecule has 0 spiro atoms. The van der Waals surface area contributed by atoms with Crippen LogP contribution in [-0.2, 0) is 0 Å². The number of hydrogen-bond acceptors (Lipinski definition) is 2. The van der Waals surface area contributed by atoms with E-state index >= 15 is 0 Å². The van der Waals surface area contributed by atoms with E-state index in [-0.39, 0.29) is 0 Å². The van der Waals surface area contributed by atoms with Crippen molar-refractivity contribution >= 4 is 49.8 Å². The SMILES string of the molecule is c1ccc(-c2ccc(-c3ccc(N(c4cccc(-c5ccccc5)c4)c4cccc(-c5cccc6oc7c8ccccc8ccc7c56)c4)cc3)cc2)cc1. The first-order chi connectivity index (χ1) is 26.8. The zero-order chi connectivity index (χ0) is 35.8. The van der Waals surface area contributed by atoms with Crippen molar-refractivity contribution < 1.29 is 4.42 Å². The van der Waals surface area contributed by atoms with E-state index < -0.39 is 0 Å². The number of benzene rings is 9. The molecular formula is C52H35NO. The number of rotatable bonds is 7. The molecular weight excluding hydrogens is 655 g/mol. The summed E-state index contributed by atoms with van der Waals surface area (Å²) in [7, 11) is 0. The molecule has 0 fully saturated rings. The van der Waals surface area contributed by atoms with Gasteiger partial charge in [-0.25, -0.2) is 0 Å². The minimum absolute atomic E-state index is 0.893. The van der Waals surface area contributed by atoms with Gasteiger partial charge in [-0.15, -0.1) is 0 Å². The van der Waals surface area contributed by atoms with E-state index in [1.807, 2.05) is 0 Å². The highest BCUT2D eigenvalue weighted by Gasteiger charge is 2.18. The molecule has 10 rings (SSSR count). The first-order valence-corrected chi connectivity index (χ1v) is 18.4. The predicted molar refractivity (Wildman–Crippen MR) is 228 cm³/mol. The van der Waals surface area contributed by atoms with E-state index in [1.54, 1.807) is 0 Å². The minimum atomic E-state index is 0.893. The Morgan fingerprint density at radius 1 is 0.315 bits per heavy atom. The lowest BCUT2D eigenvalue weighted by Crippen LogP contribution is -2.10. The van der Waals surface area contributed by atoms with Crippen molar-refractivity contribution in [3.63, 3.8) is 0 Å². The van der Waals surface area contributed by atoms with Crippen LogP contribution >= 0.6 is 0 Å². The molecule has 2 heteroatoms. The fourth-order valence-electron chi connectivity index (χ4n) is 7.80. The van der Waals surface area contributed by atoms with Crippen LogP contribution in [-0.4, -0.2) is 0 Å². The van der Waals surface area contributed by atoms with Gasteiger partial charge in [0.2, 0.25) is 0 Å². The van der Waals surface area contributed by atoms with E-state index in [0.29, 0.717) is 0 Å². The Hall–Kier alpha value is -7.16. The molecule has 0 saturated heterocycles. The van der Waals surface area contributed by atoms with E-state index in [1.165, 1.54) is 38.8 Å². The summed E-state index contributed by atoms with van der Waals surface area (Å²) >= 11 is 0. The summed E-state index contributed by atoms with van der Waals surface area (Å²) in [6, 6.07) is 75.8. The number of furan rings is 1. The Labute approximate surface area is 314 Å². The van der Waals surface area contributed by atoms with Crippen molar-refractivity contribution in [1.29, 1.82) is 0 Å². The summed E-state index contributed by atoms with van der Waals surface area (Å²) in [6.45, 7) is 0. The average Bonchev–Trinajstić information content (AvgIpc) is 3.65. The van der Waals surface area contributed by atoms with Crippen LogP contribution in [0, 0.1) is 0 Å². The zero-order valence-corrected chi connectivity index (χ0v) is 29.6. The van der Waals surface area contributed by atoms with Crippen molar-refractivity contribution in [3.05, 3.63) is 212 Å². The summed E-state index contributed by atoms with van der Waals surface area (Å²) < 4.78 is 6.57. The first-order valence-electron chi connectivity index (χ1n) is 18.4. The summed E-state index contributed by atoms with van der Waals surface area (Å²) in [4.78, 5) is 2.36.